The molecule has 1 aromatic carbocycles. The second kappa shape index (κ2) is 3.69. The Hall–Kier alpha value is -1.18. The van der Waals surface area contributed by atoms with E-state index in [4.69, 9.17) is 4.74 Å². The van der Waals surface area contributed by atoms with Crippen molar-refractivity contribution in [2.24, 2.45) is 0 Å². The van der Waals surface area contributed by atoms with E-state index in [-0.39, 0.29) is 0 Å². The first-order chi connectivity index (χ1) is 6.40. The van der Waals surface area contributed by atoms with Crippen LogP contribution in [0, 0.1) is 0 Å². The lowest BCUT2D eigenvalue weighted by Gasteiger charge is -2.18. The summed E-state index contributed by atoms with van der Waals surface area (Å²) in [6.07, 6.45) is 2.43. The van der Waals surface area contributed by atoms with Gasteiger partial charge in [0.25, 0.3) is 0 Å². The molecular weight excluding hydrogens is 162 g/mol. The van der Waals surface area contributed by atoms with Crippen molar-refractivity contribution in [1.82, 2.24) is 0 Å². The van der Waals surface area contributed by atoms with Crippen molar-refractivity contribution in [1.29, 1.82) is 0 Å². The number of benzene rings is 1. The number of anilines is 1. The third kappa shape index (κ3) is 1.77. The summed E-state index contributed by atoms with van der Waals surface area (Å²) in [4.78, 5) is 0. The molecule has 0 radical (unpaired) electrons. The van der Waals surface area contributed by atoms with Crippen LogP contribution < -0.4 is 10.1 Å². The molecule has 1 N–H and O–H groups in total. The Bertz CT molecular complexity index is 296. The largest absolute Gasteiger partial charge is 0.494 e. The minimum absolute atomic E-state index is 0.735. The molecule has 0 saturated carbocycles. The summed E-state index contributed by atoms with van der Waals surface area (Å²) in [7, 11) is 0. The summed E-state index contributed by atoms with van der Waals surface area (Å²) >= 11 is 0. The van der Waals surface area contributed by atoms with Gasteiger partial charge in [-0.2, -0.15) is 0 Å². The molecule has 1 aliphatic rings. The van der Waals surface area contributed by atoms with Crippen LogP contribution in [0.5, 0.6) is 5.75 Å². The van der Waals surface area contributed by atoms with Crippen LogP contribution in [-0.4, -0.2) is 13.2 Å². The summed E-state index contributed by atoms with van der Waals surface area (Å²) in [5.41, 5.74) is 2.66. The Kier molecular flexibility index (Phi) is 2.39. The molecule has 0 atom stereocenters. The molecule has 0 bridgehead atoms. The number of nitrogens with one attached hydrogen (secondary N) is 1. The molecule has 1 aliphatic heterocycles. The molecule has 0 spiro atoms. The highest BCUT2D eigenvalue weighted by atomic mass is 16.5. The van der Waals surface area contributed by atoms with Gasteiger partial charge < -0.3 is 10.1 Å². The predicted octanol–water partition coefficient (Wildman–Crippen LogP) is 2.44. The molecule has 0 aromatic heterocycles. The monoisotopic (exact) mass is 177 g/mol. The highest BCUT2D eigenvalue weighted by Gasteiger charge is 2.08. The van der Waals surface area contributed by atoms with E-state index in [0.29, 0.717) is 0 Å². The van der Waals surface area contributed by atoms with Crippen molar-refractivity contribution in [3.8, 4) is 5.75 Å². The topological polar surface area (TPSA) is 21.3 Å². The van der Waals surface area contributed by atoms with Crippen molar-refractivity contribution in [3.05, 3.63) is 23.8 Å². The molecule has 13 heavy (non-hydrogen) atoms. The smallest absolute Gasteiger partial charge is 0.121 e. The van der Waals surface area contributed by atoms with Crippen molar-refractivity contribution in [3.63, 3.8) is 0 Å². The van der Waals surface area contributed by atoms with Crippen molar-refractivity contribution in [2.75, 3.05) is 18.5 Å². The van der Waals surface area contributed by atoms with Gasteiger partial charge in [-0.15, -0.1) is 0 Å². The predicted molar refractivity (Wildman–Crippen MR) is 54.4 cm³/mol. The third-order valence-corrected chi connectivity index (χ3v) is 2.33. The highest BCUT2D eigenvalue weighted by Crippen LogP contribution is 2.26. The molecular formula is C11H15NO. The zero-order chi connectivity index (χ0) is 9.10. The average molecular weight is 177 g/mol. The standard InChI is InChI=1S/C11H15NO/c1-2-13-10-6-5-9-4-3-7-12-11(9)8-10/h5-6,8,12H,2-4,7H2,1H3. The van der Waals surface area contributed by atoms with Crippen LogP contribution >= 0.6 is 0 Å². The lowest BCUT2D eigenvalue weighted by Crippen LogP contribution is -2.11. The fourth-order valence-electron chi connectivity index (χ4n) is 1.70. The summed E-state index contributed by atoms with van der Waals surface area (Å²) in [5, 5.41) is 3.38. The first kappa shape index (κ1) is 8.42. The van der Waals surface area contributed by atoms with E-state index in [0.717, 1.165) is 18.9 Å². The van der Waals surface area contributed by atoms with Crippen LogP contribution in [0.4, 0.5) is 5.69 Å². The van der Waals surface area contributed by atoms with Crippen LogP contribution in [0.3, 0.4) is 0 Å². The number of aryl methyl sites for hydroxylation is 1. The number of ether oxygens (including phenoxy) is 1. The van der Waals surface area contributed by atoms with E-state index in [1.165, 1.54) is 24.1 Å². The van der Waals surface area contributed by atoms with Crippen LogP contribution in [0.1, 0.15) is 18.9 Å². The third-order valence-electron chi connectivity index (χ3n) is 2.33. The summed E-state index contributed by atoms with van der Waals surface area (Å²) in [6.45, 7) is 3.83. The number of hydrogen-bond acceptors (Lipinski definition) is 2. The van der Waals surface area contributed by atoms with Crippen LogP contribution in [0.25, 0.3) is 0 Å². The molecule has 0 unspecified atom stereocenters. The van der Waals surface area contributed by atoms with Gasteiger partial charge in [0.1, 0.15) is 5.75 Å². The molecule has 0 saturated heterocycles. The molecule has 1 aromatic rings. The molecule has 1 heterocycles. The normalized spacial score (nSPS) is 14.5. The summed E-state index contributed by atoms with van der Waals surface area (Å²) in [6, 6.07) is 6.31. The summed E-state index contributed by atoms with van der Waals surface area (Å²) < 4.78 is 5.43. The number of rotatable bonds is 2. The molecule has 2 nitrogen and oxygen atoms in total. The van der Waals surface area contributed by atoms with Gasteiger partial charge in [-0.05, 0) is 31.4 Å². The second-order valence-corrected chi connectivity index (χ2v) is 3.28. The minimum atomic E-state index is 0.735. The average Bonchev–Trinajstić information content (AvgIpc) is 2.18. The Balaban J connectivity index is 2.24. The van der Waals surface area contributed by atoms with Gasteiger partial charge in [0, 0.05) is 18.3 Å². The van der Waals surface area contributed by atoms with Gasteiger partial charge >= 0.3 is 0 Å². The Labute approximate surface area is 78.9 Å². The zero-order valence-corrected chi connectivity index (χ0v) is 7.97. The van der Waals surface area contributed by atoms with E-state index in [9.17, 15) is 0 Å². The van der Waals surface area contributed by atoms with Crippen molar-refractivity contribution in [2.45, 2.75) is 19.8 Å². The minimum Gasteiger partial charge on any atom is -0.494 e. The van der Waals surface area contributed by atoms with Gasteiger partial charge in [-0.1, -0.05) is 6.07 Å². The van der Waals surface area contributed by atoms with Crippen molar-refractivity contribution < 1.29 is 4.74 Å². The maximum atomic E-state index is 5.43. The maximum Gasteiger partial charge on any atom is 0.121 e. The van der Waals surface area contributed by atoms with Crippen LogP contribution in [-0.2, 0) is 6.42 Å². The van der Waals surface area contributed by atoms with Crippen LogP contribution in [0.2, 0.25) is 0 Å². The van der Waals surface area contributed by atoms with Gasteiger partial charge in [-0.25, -0.2) is 0 Å². The van der Waals surface area contributed by atoms with E-state index < -0.39 is 0 Å². The van der Waals surface area contributed by atoms with Crippen LogP contribution in [0.15, 0.2) is 18.2 Å². The molecule has 2 rings (SSSR count). The number of fused-ring (bicyclic) bond motifs is 1. The van der Waals surface area contributed by atoms with E-state index in [1.807, 2.05) is 6.92 Å². The Morgan fingerprint density at radius 2 is 2.38 bits per heavy atom. The maximum absolute atomic E-state index is 5.43. The zero-order valence-electron chi connectivity index (χ0n) is 7.97. The molecule has 0 amide bonds. The van der Waals surface area contributed by atoms with E-state index >= 15 is 0 Å². The fraction of sp³-hybridized carbons (Fsp3) is 0.455. The Morgan fingerprint density at radius 3 is 3.23 bits per heavy atom. The summed E-state index contributed by atoms with van der Waals surface area (Å²) in [5.74, 6) is 0.968. The quantitative estimate of drug-likeness (QED) is 0.749. The first-order valence-electron chi connectivity index (χ1n) is 4.90. The first-order valence-corrected chi connectivity index (χ1v) is 4.90. The van der Waals surface area contributed by atoms with Gasteiger partial charge in [0.15, 0.2) is 0 Å². The fourth-order valence-corrected chi connectivity index (χ4v) is 1.70. The lowest BCUT2D eigenvalue weighted by molar-refractivity contribution is 0.340. The molecule has 0 fully saturated rings. The van der Waals surface area contributed by atoms with Gasteiger partial charge in [0.05, 0.1) is 6.61 Å². The molecule has 0 aliphatic carbocycles. The lowest BCUT2D eigenvalue weighted by atomic mass is 10.0. The Morgan fingerprint density at radius 1 is 1.46 bits per heavy atom. The SMILES string of the molecule is CCOc1ccc2c(c1)NCCC2. The van der Waals surface area contributed by atoms with E-state index in [1.54, 1.807) is 0 Å². The van der Waals surface area contributed by atoms with Gasteiger partial charge in [-0.3, -0.25) is 0 Å². The van der Waals surface area contributed by atoms with Gasteiger partial charge in [0.2, 0.25) is 0 Å². The molecule has 2 heteroatoms. The molecule has 70 valence electrons. The second-order valence-electron chi connectivity index (χ2n) is 3.28. The highest BCUT2D eigenvalue weighted by molar-refractivity contribution is 5.56. The number of hydrogen-bond donors (Lipinski definition) is 1. The van der Waals surface area contributed by atoms with Crippen molar-refractivity contribution >= 4 is 5.69 Å². The van der Waals surface area contributed by atoms with E-state index in [2.05, 4.69) is 23.5 Å².